The third-order valence-electron chi connectivity index (χ3n) is 5.04. The molecule has 0 fully saturated rings. The molecule has 28 heavy (non-hydrogen) atoms. The maximum absolute atomic E-state index is 13.5. The maximum Gasteiger partial charge on any atom is 0.199 e. The number of hydrogen-bond donors (Lipinski definition) is 1. The number of benzene rings is 2. The Morgan fingerprint density at radius 1 is 1.04 bits per heavy atom. The summed E-state index contributed by atoms with van der Waals surface area (Å²) >= 11 is 0. The Hall–Kier alpha value is -2.99. The summed E-state index contributed by atoms with van der Waals surface area (Å²) in [5, 5.41) is 4.08. The number of hydrogen-bond acceptors (Lipinski definition) is 5. The van der Waals surface area contributed by atoms with E-state index < -0.39 is 0 Å². The molecule has 1 unspecified atom stereocenters. The molecule has 6 nitrogen and oxygen atoms in total. The monoisotopic (exact) mass is 381 g/mol. The van der Waals surface area contributed by atoms with Crippen LogP contribution in [0.4, 0.5) is 5.69 Å². The van der Waals surface area contributed by atoms with Crippen LogP contribution in [0.15, 0.2) is 47.4 Å². The molecule has 3 rings (SSSR count). The first-order valence-electron chi connectivity index (χ1n) is 9.14. The van der Waals surface area contributed by atoms with Gasteiger partial charge in [0.05, 0.1) is 37.0 Å². The van der Waals surface area contributed by atoms with Crippen molar-refractivity contribution in [2.24, 2.45) is 7.05 Å². The number of aryl methyl sites for hydroxylation is 1. The van der Waals surface area contributed by atoms with Crippen molar-refractivity contribution in [3.63, 3.8) is 0 Å². The minimum atomic E-state index is -0.0191. The third kappa shape index (κ3) is 3.68. The fraction of sp³-hybridized carbons (Fsp3) is 0.318. The Labute approximate surface area is 165 Å². The first-order chi connectivity index (χ1) is 13.3. The van der Waals surface area contributed by atoms with Gasteiger partial charge >= 0.3 is 0 Å². The fourth-order valence-electron chi connectivity index (χ4n) is 3.14. The highest BCUT2D eigenvalue weighted by atomic mass is 16.5. The lowest BCUT2D eigenvalue weighted by Crippen LogP contribution is -2.32. The van der Waals surface area contributed by atoms with Gasteiger partial charge in [-0.15, -0.1) is 0 Å². The smallest absolute Gasteiger partial charge is 0.199 e. The van der Waals surface area contributed by atoms with Crippen molar-refractivity contribution in [1.82, 2.24) is 9.47 Å². The Bertz CT molecular complexity index is 1040. The van der Waals surface area contributed by atoms with Crippen LogP contribution < -0.4 is 20.2 Å². The minimum Gasteiger partial charge on any atom is -0.497 e. The topological polar surface area (TPSA) is 55.7 Å². The number of anilines is 1. The van der Waals surface area contributed by atoms with E-state index >= 15 is 0 Å². The number of ether oxygens (including phenoxy) is 2. The van der Waals surface area contributed by atoms with Crippen molar-refractivity contribution in [3.05, 3.63) is 52.8 Å². The summed E-state index contributed by atoms with van der Waals surface area (Å²) in [6, 6.07) is 11.3. The Morgan fingerprint density at radius 2 is 1.68 bits per heavy atom. The van der Waals surface area contributed by atoms with Gasteiger partial charge in [-0.3, -0.25) is 9.69 Å². The molecule has 3 aromatic rings. The summed E-state index contributed by atoms with van der Waals surface area (Å²) in [5.74, 6) is 1.46. The number of rotatable bonds is 6. The van der Waals surface area contributed by atoms with Gasteiger partial charge in [-0.1, -0.05) is 12.1 Å². The number of nitrogens with zero attached hydrogens (tertiary/aromatic N) is 2. The van der Waals surface area contributed by atoms with E-state index in [9.17, 15) is 4.79 Å². The lowest BCUT2D eigenvalue weighted by Gasteiger charge is -2.24. The average molecular weight is 381 g/mol. The van der Waals surface area contributed by atoms with E-state index in [-0.39, 0.29) is 11.6 Å². The van der Waals surface area contributed by atoms with Crippen molar-refractivity contribution in [3.8, 4) is 22.6 Å². The van der Waals surface area contributed by atoms with E-state index in [0.29, 0.717) is 16.7 Å². The number of pyridine rings is 1. The summed E-state index contributed by atoms with van der Waals surface area (Å²) < 4.78 is 12.6. The summed E-state index contributed by atoms with van der Waals surface area (Å²) in [5.41, 5.74) is 3.05. The third-order valence-corrected chi connectivity index (χ3v) is 5.04. The molecule has 1 N–H and O–H groups in total. The molecular formula is C22H27N3O3. The highest BCUT2D eigenvalue weighted by Crippen LogP contribution is 2.30. The molecule has 1 heterocycles. The molecule has 148 valence electrons. The van der Waals surface area contributed by atoms with Crippen LogP contribution >= 0.6 is 0 Å². The summed E-state index contributed by atoms with van der Waals surface area (Å²) in [7, 11) is 9.17. The summed E-state index contributed by atoms with van der Waals surface area (Å²) in [6.45, 7) is 2.04. The predicted octanol–water partition coefficient (Wildman–Crippen LogP) is 3.54. The van der Waals surface area contributed by atoms with Gasteiger partial charge < -0.3 is 19.4 Å². The molecular weight excluding hydrogens is 354 g/mol. The highest BCUT2D eigenvalue weighted by molar-refractivity contribution is 5.95. The van der Waals surface area contributed by atoms with E-state index in [0.717, 1.165) is 22.5 Å². The molecule has 0 aliphatic rings. The van der Waals surface area contributed by atoms with Gasteiger partial charge in [0.2, 0.25) is 0 Å². The van der Waals surface area contributed by atoms with Crippen molar-refractivity contribution in [2.45, 2.75) is 13.1 Å². The Balaban J connectivity index is 2.26. The minimum absolute atomic E-state index is 0.0191. The molecule has 6 heteroatoms. The number of aromatic nitrogens is 1. The molecule has 0 bridgehead atoms. The number of fused-ring (bicyclic) bond motifs is 1. The molecule has 0 aliphatic carbocycles. The van der Waals surface area contributed by atoms with E-state index in [1.165, 1.54) is 0 Å². The van der Waals surface area contributed by atoms with E-state index in [2.05, 4.69) is 5.32 Å². The Morgan fingerprint density at radius 3 is 2.25 bits per heavy atom. The lowest BCUT2D eigenvalue weighted by molar-refractivity contribution is 0.343. The van der Waals surface area contributed by atoms with Gasteiger partial charge in [-0.2, -0.15) is 0 Å². The molecule has 0 saturated carbocycles. The number of nitrogens with one attached hydrogen (secondary N) is 1. The summed E-state index contributed by atoms with van der Waals surface area (Å²) in [6.07, 6.45) is 1.91. The first kappa shape index (κ1) is 19.8. The van der Waals surface area contributed by atoms with Gasteiger partial charge in [-0.05, 0) is 38.7 Å². The van der Waals surface area contributed by atoms with Crippen LogP contribution in [-0.2, 0) is 7.05 Å². The van der Waals surface area contributed by atoms with Gasteiger partial charge in [-0.25, -0.2) is 0 Å². The van der Waals surface area contributed by atoms with Crippen LogP contribution in [-0.4, -0.2) is 43.9 Å². The fourth-order valence-corrected chi connectivity index (χ4v) is 3.14. The van der Waals surface area contributed by atoms with Crippen LogP contribution in [0.5, 0.6) is 11.5 Å². The standard InChI is InChI=1S/C22H27N3O3/c1-14(24(2)3)23-19-11-17(28-6)12-20-21(19)22(26)18(13-25(20)4)15-7-9-16(27-5)10-8-15/h7-14,23H,1-6H3. The van der Waals surface area contributed by atoms with Crippen LogP contribution in [0.2, 0.25) is 0 Å². The van der Waals surface area contributed by atoms with Crippen LogP contribution in [0, 0.1) is 0 Å². The maximum atomic E-state index is 13.5. The van der Waals surface area contributed by atoms with Crippen LogP contribution in [0.1, 0.15) is 6.92 Å². The van der Waals surface area contributed by atoms with Gasteiger partial charge in [0.1, 0.15) is 11.5 Å². The van der Waals surface area contributed by atoms with Gasteiger partial charge in [0.15, 0.2) is 5.43 Å². The molecule has 0 radical (unpaired) electrons. The van der Waals surface area contributed by atoms with Crippen molar-refractivity contribution >= 4 is 16.6 Å². The largest absolute Gasteiger partial charge is 0.497 e. The van der Waals surface area contributed by atoms with Crippen LogP contribution in [0.25, 0.3) is 22.0 Å². The van der Waals surface area contributed by atoms with E-state index in [1.54, 1.807) is 14.2 Å². The molecule has 2 aromatic carbocycles. The predicted molar refractivity (Wildman–Crippen MR) is 115 cm³/mol. The number of methoxy groups -OCH3 is 2. The molecule has 0 amide bonds. The van der Waals surface area contributed by atoms with Crippen molar-refractivity contribution in [2.75, 3.05) is 33.6 Å². The zero-order chi connectivity index (χ0) is 20.4. The highest BCUT2D eigenvalue weighted by Gasteiger charge is 2.16. The van der Waals surface area contributed by atoms with E-state index in [4.69, 9.17) is 9.47 Å². The normalized spacial score (nSPS) is 12.2. The summed E-state index contributed by atoms with van der Waals surface area (Å²) in [4.78, 5) is 15.5. The van der Waals surface area contributed by atoms with Gasteiger partial charge in [0, 0.05) is 30.9 Å². The zero-order valence-electron chi connectivity index (χ0n) is 17.2. The molecule has 1 aromatic heterocycles. The molecule has 1 atom stereocenters. The van der Waals surface area contributed by atoms with E-state index in [1.807, 2.05) is 80.1 Å². The average Bonchev–Trinajstić information content (AvgIpc) is 2.70. The second-order valence-electron chi connectivity index (χ2n) is 7.06. The van der Waals surface area contributed by atoms with Crippen LogP contribution in [0.3, 0.4) is 0 Å². The first-order valence-corrected chi connectivity index (χ1v) is 9.14. The van der Waals surface area contributed by atoms with Gasteiger partial charge in [0.25, 0.3) is 0 Å². The zero-order valence-corrected chi connectivity index (χ0v) is 17.2. The molecule has 0 aliphatic heterocycles. The van der Waals surface area contributed by atoms with Crippen molar-refractivity contribution in [1.29, 1.82) is 0 Å². The quantitative estimate of drug-likeness (QED) is 0.662. The molecule has 0 saturated heterocycles. The SMILES string of the molecule is COc1ccc(-c2cn(C)c3cc(OC)cc(NC(C)N(C)C)c3c2=O)cc1. The lowest BCUT2D eigenvalue weighted by atomic mass is 10.0. The second kappa shape index (κ2) is 7.94. The molecule has 0 spiro atoms. The Kier molecular flexibility index (Phi) is 5.61. The van der Waals surface area contributed by atoms with Crippen molar-refractivity contribution < 1.29 is 9.47 Å². The second-order valence-corrected chi connectivity index (χ2v) is 7.06.